The lowest BCUT2D eigenvalue weighted by Gasteiger charge is -2.05. The summed E-state index contributed by atoms with van der Waals surface area (Å²) >= 11 is 0. The van der Waals surface area contributed by atoms with Crippen molar-refractivity contribution in [3.63, 3.8) is 0 Å². The Morgan fingerprint density at radius 3 is 1.63 bits per heavy atom. The van der Waals surface area contributed by atoms with E-state index in [1.807, 2.05) is 6.07 Å². The molecule has 0 atom stereocenters. The fraction of sp³-hybridized carbons (Fsp3) is 0.654. The van der Waals surface area contributed by atoms with Crippen LogP contribution in [0.1, 0.15) is 114 Å². The van der Waals surface area contributed by atoms with E-state index in [9.17, 15) is 14.4 Å². The quantitative estimate of drug-likeness (QED) is 0.123. The van der Waals surface area contributed by atoms with Crippen molar-refractivity contribution in [3.8, 4) is 0 Å². The van der Waals surface area contributed by atoms with E-state index in [2.05, 4.69) is 12.2 Å². The summed E-state index contributed by atoms with van der Waals surface area (Å²) in [5.74, 6) is -1.62. The highest BCUT2D eigenvalue weighted by Gasteiger charge is 2.18. The minimum atomic E-state index is -0.658. The Morgan fingerprint density at radius 2 is 1.13 bits per heavy atom. The van der Waals surface area contributed by atoms with Crippen molar-refractivity contribution < 1.29 is 14.4 Å². The van der Waals surface area contributed by atoms with Gasteiger partial charge < -0.3 is 5.32 Å². The van der Waals surface area contributed by atoms with Gasteiger partial charge in [-0.15, -0.1) is 0 Å². The number of hydrogen-bond acceptors (Lipinski definition) is 3. The van der Waals surface area contributed by atoms with Gasteiger partial charge in [0.25, 0.3) is 5.91 Å². The first-order valence-electron chi connectivity index (χ1n) is 12.0. The van der Waals surface area contributed by atoms with Crippen LogP contribution in [0.2, 0.25) is 0 Å². The third kappa shape index (κ3) is 13.3. The van der Waals surface area contributed by atoms with Gasteiger partial charge in [0.2, 0.25) is 5.78 Å². The summed E-state index contributed by atoms with van der Waals surface area (Å²) in [4.78, 5) is 35.7. The number of benzene rings is 1. The second kappa shape index (κ2) is 17.9. The van der Waals surface area contributed by atoms with E-state index in [0.29, 0.717) is 12.1 Å². The van der Waals surface area contributed by atoms with Crippen LogP contribution in [-0.2, 0) is 9.59 Å². The Balaban J connectivity index is 1.91. The lowest BCUT2D eigenvalue weighted by atomic mass is 10.0. The summed E-state index contributed by atoms with van der Waals surface area (Å²) in [5.41, 5.74) is 0.464. The Bertz CT molecular complexity index is 598. The van der Waals surface area contributed by atoms with Gasteiger partial charge in [-0.2, -0.15) is 0 Å². The SMILES string of the molecule is CCCCCCCCCCCCCCCCNC(=O)C(=O)CC(=O)c1ccccc1. The van der Waals surface area contributed by atoms with E-state index < -0.39 is 11.7 Å². The largest absolute Gasteiger partial charge is 0.349 e. The van der Waals surface area contributed by atoms with Gasteiger partial charge in [-0.1, -0.05) is 121 Å². The van der Waals surface area contributed by atoms with Crippen LogP contribution in [0.25, 0.3) is 0 Å². The molecule has 0 aliphatic heterocycles. The molecule has 1 aromatic rings. The molecule has 30 heavy (non-hydrogen) atoms. The number of hydrogen-bond donors (Lipinski definition) is 1. The molecule has 0 fully saturated rings. The first-order chi connectivity index (χ1) is 14.6. The second-order valence-electron chi connectivity index (χ2n) is 8.24. The molecule has 0 saturated carbocycles. The van der Waals surface area contributed by atoms with Crippen LogP contribution in [0, 0.1) is 0 Å². The predicted octanol–water partition coefficient (Wildman–Crippen LogP) is 6.43. The number of Topliss-reactive ketones (excluding diaryl/α,β-unsaturated/α-hetero) is 2. The van der Waals surface area contributed by atoms with Crippen molar-refractivity contribution in [1.29, 1.82) is 0 Å². The summed E-state index contributed by atoms with van der Waals surface area (Å²) in [7, 11) is 0. The van der Waals surface area contributed by atoms with Crippen molar-refractivity contribution in [3.05, 3.63) is 35.9 Å². The number of amides is 1. The van der Waals surface area contributed by atoms with Gasteiger partial charge in [-0.3, -0.25) is 14.4 Å². The molecule has 0 radical (unpaired) electrons. The maximum atomic E-state index is 12.0. The molecule has 1 N–H and O–H groups in total. The van der Waals surface area contributed by atoms with E-state index in [-0.39, 0.29) is 12.2 Å². The van der Waals surface area contributed by atoms with Crippen LogP contribution >= 0.6 is 0 Å². The van der Waals surface area contributed by atoms with Gasteiger partial charge in [0.15, 0.2) is 5.78 Å². The summed E-state index contributed by atoms with van der Waals surface area (Å²) < 4.78 is 0. The maximum Gasteiger partial charge on any atom is 0.287 e. The first kappa shape index (κ1) is 26.1. The Morgan fingerprint density at radius 1 is 0.667 bits per heavy atom. The van der Waals surface area contributed by atoms with Crippen LogP contribution < -0.4 is 5.32 Å². The van der Waals surface area contributed by atoms with E-state index in [0.717, 1.165) is 12.8 Å². The molecule has 0 aromatic heterocycles. The zero-order chi connectivity index (χ0) is 21.9. The van der Waals surface area contributed by atoms with Crippen molar-refractivity contribution in [2.24, 2.45) is 0 Å². The molecule has 0 spiro atoms. The maximum absolute atomic E-state index is 12.0. The van der Waals surface area contributed by atoms with Crippen LogP contribution in [0.4, 0.5) is 0 Å². The number of nitrogens with one attached hydrogen (secondary N) is 1. The number of ketones is 2. The van der Waals surface area contributed by atoms with Gasteiger partial charge in [-0.05, 0) is 6.42 Å². The molecular formula is C26H41NO3. The van der Waals surface area contributed by atoms with Gasteiger partial charge in [0.05, 0.1) is 6.42 Å². The van der Waals surface area contributed by atoms with Gasteiger partial charge in [0.1, 0.15) is 0 Å². The molecule has 1 rings (SSSR count). The van der Waals surface area contributed by atoms with Crippen molar-refractivity contribution >= 4 is 17.5 Å². The number of carbonyl (C=O) groups excluding carboxylic acids is 3. The normalized spacial score (nSPS) is 10.7. The number of carbonyl (C=O) groups is 3. The fourth-order valence-electron chi connectivity index (χ4n) is 3.57. The molecule has 168 valence electrons. The van der Waals surface area contributed by atoms with Crippen LogP contribution in [-0.4, -0.2) is 24.0 Å². The zero-order valence-corrected chi connectivity index (χ0v) is 18.9. The number of unbranched alkanes of at least 4 members (excludes halogenated alkanes) is 13. The highest BCUT2D eigenvalue weighted by molar-refractivity contribution is 6.40. The summed E-state index contributed by atoms with van der Waals surface area (Å²) in [5, 5.41) is 2.64. The molecule has 1 aromatic carbocycles. The highest BCUT2D eigenvalue weighted by atomic mass is 16.2. The monoisotopic (exact) mass is 415 g/mol. The van der Waals surface area contributed by atoms with E-state index >= 15 is 0 Å². The molecule has 0 aliphatic rings. The van der Waals surface area contributed by atoms with E-state index in [1.54, 1.807) is 24.3 Å². The van der Waals surface area contributed by atoms with E-state index in [4.69, 9.17) is 0 Å². The third-order valence-corrected chi connectivity index (χ3v) is 5.49. The molecular weight excluding hydrogens is 374 g/mol. The number of rotatable bonds is 19. The standard InChI is InChI=1S/C26H41NO3/c1-2-3-4-5-6-7-8-9-10-11-12-13-14-18-21-27-26(30)25(29)22-24(28)23-19-16-15-17-20-23/h15-17,19-20H,2-14,18,21-22H2,1H3,(H,27,30). The molecule has 0 unspecified atom stereocenters. The predicted molar refractivity (Wildman–Crippen MR) is 124 cm³/mol. The smallest absolute Gasteiger partial charge is 0.287 e. The summed E-state index contributed by atoms with van der Waals surface area (Å²) in [6.07, 6.45) is 17.6. The summed E-state index contributed by atoms with van der Waals surface area (Å²) in [6.45, 7) is 2.76. The molecule has 4 heteroatoms. The molecule has 0 heterocycles. The highest BCUT2D eigenvalue weighted by Crippen LogP contribution is 2.12. The van der Waals surface area contributed by atoms with Crippen LogP contribution in [0.3, 0.4) is 0 Å². The molecule has 0 saturated heterocycles. The van der Waals surface area contributed by atoms with E-state index in [1.165, 1.54) is 77.0 Å². The molecule has 0 aliphatic carbocycles. The minimum Gasteiger partial charge on any atom is -0.349 e. The van der Waals surface area contributed by atoms with Crippen LogP contribution in [0.5, 0.6) is 0 Å². The average molecular weight is 416 g/mol. The Kier molecular flexibility index (Phi) is 15.5. The Labute approximate surface area is 183 Å². The Hall–Kier alpha value is -1.97. The van der Waals surface area contributed by atoms with Gasteiger partial charge in [-0.25, -0.2) is 0 Å². The second-order valence-corrected chi connectivity index (χ2v) is 8.24. The summed E-state index contributed by atoms with van der Waals surface area (Å²) in [6, 6.07) is 8.60. The van der Waals surface area contributed by atoms with Crippen molar-refractivity contribution in [2.45, 2.75) is 103 Å². The lowest BCUT2D eigenvalue weighted by Crippen LogP contribution is -2.32. The third-order valence-electron chi connectivity index (χ3n) is 5.49. The molecule has 1 amide bonds. The van der Waals surface area contributed by atoms with Gasteiger partial charge >= 0.3 is 0 Å². The molecule has 0 bridgehead atoms. The van der Waals surface area contributed by atoms with Crippen LogP contribution in [0.15, 0.2) is 30.3 Å². The fourth-order valence-corrected chi connectivity index (χ4v) is 3.57. The minimum absolute atomic E-state index is 0.313. The van der Waals surface area contributed by atoms with Crippen molar-refractivity contribution in [2.75, 3.05) is 6.54 Å². The topological polar surface area (TPSA) is 63.2 Å². The van der Waals surface area contributed by atoms with Crippen molar-refractivity contribution in [1.82, 2.24) is 5.32 Å². The first-order valence-corrected chi connectivity index (χ1v) is 12.0. The average Bonchev–Trinajstić information content (AvgIpc) is 2.76. The van der Waals surface area contributed by atoms with Gasteiger partial charge in [0, 0.05) is 12.1 Å². The lowest BCUT2D eigenvalue weighted by molar-refractivity contribution is -0.137. The molecule has 4 nitrogen and oxygen atoms in total. The zero-order valence-electron chi connectivity index (χ0n) is 18.9.